The van der Waals surface area contributed by atoms with Crippen LogP contribution in [0.2, 0.25) is 0 Å². The fourth-order valence-corrected chi connectivity index (χ4v) is 2.68. The third kappa shape index (κ3) is 2.96. The number of hydrogen-bond donors (Lipinski definition) is 0. The average Bonchev–Trinajstić information content (AvgIpc) is 2.78. The summed E-state index contributed by atoms with van der Waals surface area (Å²) in [7, 11) is 0. The van der Waals surface area contributed by atoms with Crippen LogP contribution in [0, 0.1) is 5.92 Å². The van der Waals surface area contributed by atoms with Gasteiger partial charge < -0.3 is 4.57 Å². The van der Waals surface area contributed by atoms with Gasteiger partial charge in [0.2, 0.25) is 0 Å². The highest BCUT2D eigenvalue weighted by molar-refractivity contribution is 5.80. The maximum Gasteiger partial charge on any atom is 0.155 e. The summed E-state index contributed by atoms with van der Waals surface area (Å²) in [5.74, 6) is 2.09. The number of Topliss-reactive ketones (excluding diaryl/α,β-unsaturated/α-hetero) is 1. The van der Waals surface area contributed by atoms with Crippen molar-refractivity contribution in [3.05, 3.63) is 18.2 Å². The number of carbonyl (C=O) groups excluding carboxylic acids is 1. The summed E-state index contributed by atoms with van der Waals surface area (Å²) in [6, 6.07) is 0. The SMILES string of the molecule is CC(C)c1nccn1CC(=O)C1CCCCC1. The number of ketones is 1. The van der Waals surface area contributed by atoms with E-state index in [2.05, 4.69) is 18.8 Å². The van der Waals surface area contributed by atoms with Crippen molar-refractivity contribution in [2.24, 2.45) is 5.92 Å². The van der Waals surface area contributed by atoms with Crippen LogP contribution in [-0.4, -0.2) is 15.3 Å². The van der Waals surface area contributed by atoms with Crippen LogP contribution in [0.3, 0.4) is 0 Å². The zero-order valence-electron chi connectivity index (χ0n) is 10.9. The molecule has 0 aliphatic heterocycles. The normalized spacial score (nSPS) is 17.6. The van der Waals surface area contributed by atoms with E-state index in [1.54, 1.807) is 6.20 Å². The molecular weight excluding hydrogens is 212 g/mol. The van der Waals surface area contributed by atoms with Crippen LogP contribution in [0.4, 0.5) is 0 Å². The molecule has 0 spiro atoms. The Balaban J connectivity index is 1.99. The molecule has 0 radical (unpaired) electrons. The molecule has 94 valence electrons. The van der Waals surface area contributed by atoms with Crippen LogP contribution in [0.15, 0.2) is 12.4 Å². The van der Waals surface area contributed by atoms with Gasteiger partial charge in [-0.25, -0.2) is 4.98 Å². The molecule has 1 aromatic heterocycles. The fourth-order valence-electron chi connectivity index (χ4n) is 2.68. The molecule has 1 aliphatic carbocycles. The Bertz CT molecular complexity index is 375. The molecule has 0 saturated heterocycles. The predicted octanol–water partition coefficient (Wildman–Crippen LogP) is 3.16. The molecule has 0 atom stereocenters. The molecule has 0 aromatic carbocycles. The molecule has 3 heteroatoms. The molecule has 1 heterocycles. The minimum absolute atomic E-state index is 0.297. The standard InChI is InChI=1S/C14H22N2O/c1-11(2)14-15-8-9-16(14)10-13(17)12-6-4-3-5-7-12/h8-9,11-12H,3-7,10H2,1-2H3. The minimum atomic E-state index is 0.297. The zero-order valence-corrected chi connectivity index (χ0v) is 10.9. The molecule has 1 aromatic rings. The fraction of sp³-hybridized carbons (Fsp3) is 0.714. The number of aromatic nitrogens is 2. The highest BCUT2D eigenvalue weighted by atomic mass is 16.1. The Labute approximate surface area is 103 Å². The van der Waals surface area contributed by atoms with E-state index in [4.69, 9.17) is 0 Å². The molecule has 0 amide bonds. The predicted molar refractivity (Wildman–Crippen MR) is 67.9 cm³/mol. The lowest BCUT2D eigenvalue weighted by molar-refractivity contribution is -0.124. The van der Waals surface area contributed by atoms with E-state index >= 15 is 0 Å². The average molecular weight is 234 g/mol. The van der Waals surface area contributed by atoms with Crippen molar-refractivity contribution in [2.75, 3.05) is 0 Å². The van der Waals surface area contributed by atoms with Crippen LogP contribution >= 0.6 is 0 Å². The lowest BCUT2D eigenvalue weighted by Gasteiger charge is -2.21. The second-order valence-electron chi connectivity index (χ2n) is 5.37. The third-order valence-electron chi connectivity index (χ3n) is 3.65. The monoisotopic (exact) mass is 234 g/mol. The van der Waals surface area contributed by atoms with Gasteiger partial charge in [0.05, 0.1) is 6.54 Å². The van der Waals surface area contributed by atoms with E-state index < -0.39 is 0 Å². The highest BCUT2D eigenvalue weighted by Gasteiger charge is 2.22. The molecule has 0 N–H and O–H groups in total. The summed E-state index contributed by atoms with van der Waals surface area (Å²) in [5.41, 5.74) is 0. The minimum Gasteiger partial charge on any atom is -0.327 e. The molecular formula is C14H22N2O. The molecule has 1 saturated carbocycles. The van der Waals surface area contributed by atoms with Gasteiger partial charge in [-0.05, 0) is 12.8 Å². The first kappa shape index (κ1) is 12.3. The smallest absolute Gasteiger partial charge is 0.155 e. The summed E-state index contributed by atoms with van der Waals surface area (Å²) >= 11 is 0. The van der Waals surface area contributed by atoms with Crippen molar-refractivity contribution >= 4 is 5.78 Å². The van der Waals surface area contributed by atoms with Crippen LogP contribution in [-0.2, 0) is 11.3 Å². The first-order valence-corrected chi connectivity index (χ1v) is 6.72. The van der Waals surface area contributed by atoms with Crippen LogP contribution < -0.4 is 0 Å². The Morgan fingerprint density at radius 1 is 1.41 bits per heavy atom. The summed E-state index contributed by atoms with van der Waals surface area (Å²) in [6.07, 6.45) is 9.63. The number of nitrogens with zero attached hydrogens (tertiary/aromatic N) is 2. The van der Waals surface area contributed by atoms with Gasteiger partial charge in [0.15, 0.2) is 5.78 Å². The maximum absolute atomic E-state index is 12.2. The highest BCUT2D eigenvalue weighted by Crippen LogP contribution is 2.25. The maximum atomic E-state index is 12.2. The Morgan fingerprint density at radius 3 is 2.76 bits per heavy atom. The summed E-state index contributed by atoms with van der Waals surface area (Å²) in [6.45, 7) is 4.74. The first-order chi connectivity index (χ1) is 8.18. The van der Waals surface area contributed by atoms with E-state index in [9.17, 15) is 4.79 Å². The van der Waals surface area contributed by atoms with E-state index in [1.807, 2.05) is 10.8 Å². The Kier molecular flexibility index (Phi) is 3.97. The molecule has 1 aliphatic rings. The van der Waals surface area contributed by atoms with Gasteiger partial charge in [0.25, 0.3) is 0 Å². The van der Waals surface area contributed by atoms with Crippen LogP contribution in [0.1, 0.15) is 57.7 Å². The topological polar surface area (TPSA) is 34.9 Å². The second kappa shape index (κ2) is 5.48. The van der Waals surface area contributed by atoms with E-state index in [-0.39, 0.29) is 0 Å². The van der Waals surface area contributed by atoms with Gasteiger partial charge in [-0.1, -0.05) is 33.1 Å². The Hall–Kier alpha value is -1.12. The first-order valence-electron chi connectivity index (χ1n) is 6.72. The second-order valence-corrected chi connectivity index (χ2v) is 5.37. The Morgan fingerprint density at radius 2 is 2.12 bits per heavy atom. The summed E-state index contributed by atoms with van der Waals surface area (Å²) in [5, 5.41) is 0. The van der Waals surface area contributed by atoms with Crippen molar-refractivity contribution in [1.29, 1.82) is 0 Å². The molecule has 17 heavy (non-hydrogen) atoms. The van der Waals surface area contributed by atoms with Crippen molar-refractivity contribution < 1.29 is 4.79 Å². The van der Waals surface area contributed by atoms with E-state index in [0.29, 0.717) is 24.2 Å². The zero-order chi connectivity index (χ0) is 12.3. The number of carbonyl (C=O) groups is 1. The van der Waals surface area contributed by atoms with Crippen LogP contribution in [0.25, 0.3) is 0 Å². The molecule has 3 nitrogen and oxygen atoms in total. The van der Waals surface area contributed by atoms with Gasteiger partial charge in [-0.2, -0.15) is 0 Å². The van der Waals surface area contributed by atoms with Crippen LogP contribution in [0.5, 0.6) is 0 Å². The lowest BCUT2D eigenvalue weighted by atomic mass is 9.86. The van der Waals surface area contributed by atoms with Gasteiger partial charge in [0.1, 0.15) is 5.82 Å². The van der Waals surface area contributed by atoms with Crippen molar-refractivity contribution in [3.8, 4) is 0 Å². The van der Waals surface area contributed by atoms with Gasteiger partial charge in [-0.3, -0.25) is 4.79 Å². The number of rotatable bonds is 4. The van der Waals surface area contributed by atoms with Crippen molar-refractivity contribution in [2.45, 2.75) is 58.4 Å². The number of hydrogen-bond acceptors (Lipinski definition) is 2. The van der Waals surface area contributed by atoms with Gasteiger partial charge >= 0.3 is 0 Å². The molecule has 0 bridgehead atoms. The van der Waals surface area contributed by atoms with Crippen molar-refractivity contribution in [3.63, 3.8) is 0 Å². The van der Waals surface area contributed by atoms with E-state index in [1.165, 1.54) is 19.3 Å². The number of imidazole rings is 1. The lowest BCUT2D eigenvalue weighted by Crippen LogP contribution is -2.23. The molecule has 2 rings (SSSR count). The largest absolute Gasteiger partial charge is 0.327 e. The summed E-state index contributed by atoms with van der Waals surface area (Å²) < 4.78 is 2.02. The molecule has 1 fully saturated rings. The van der Waals surface area contributed by atoms with Crippen molar-refractivity contribution in [1.82, 2.24) is 9.55 Å². The quantitative estimate of drug-likeness (QED) is 0.802. The van der Waals surface area contributed by atoms with E-state index in [0.717, 1.165) is 18.7 Å². The summed E-state index contributed by atoms with van der Waals surface area (Å²) in [4.78, 5) is 16.5. The molecule has 0 unspecified atom stereocenters. The van der Waals surface area contributed by atoms with Gasteiger partial charge in [0, 0.05) is 24.2 Å². The van der Waals surface area contributed by atoms with Gasteiger partial charge in [-0.15, -0.1) is 0 Å². The third-order valence-corrected chi connectivity index (χ3v) is 3.65.